The average Bonchev–Trinajstić information content (AvgIpc) is 1.05. The van der Waals surface area contributed by atoms with Crippen molar-refractivity contribution in [3.8, 4) is 0 Å². The number of hydrogen-bond donors (Lipinski definition) is 17. The zero-order valence-corrected chi connectivity index (χ0v) is 55.0. The van der Waals surface area contributed by atoms with Gasteiger partial charge in [-0.1, -0.05) is 0 Å². The molecule has 0 heterocycles. The first kappa shape index (κ1) is 87.5. The Hall–Kier alpha value is -8.54. The molecule has 0 bridgehead atoms. The number of nitrogens with two attached hydrogens (primary N) is 12. The normalized spacial score (nSPS) is 14.6. The SMILES string of the molecule is CC(=O)[C@H](CCC(N)=O)NC(=O)[C@H](CCC(N)=O)CC(=O)[C@H](CCCN)NC(=O)[C@H](CCC(N)=O)CC(=O)[C@H](CCCN)NC(=O)[C@H](CCC(N)=O)CC(=O)[C@H](CCCN)NC(=O)[C@H](CCC(N)=O)CC(=O)[C@H](CCCN)NC(=O)[C@H](CCC(N)=O)CC(=O)[C@@H](N)CCC(N)=O. The molecule has 29 N–H and O–H groups in total. The van der Waals surface area contributed by atoms with Gasteiger partial charge in [-0.25, -0.2) is 0 Å². The van der Waals surface area contributed by atoms with Gasteiger partial charge in [-0.15, -0.1) is 0 Å². The standard InChI is InChI=1S/C61H105N17O18/c1-33(79)40(16-23-56(73)91)74-57(92)35(11-18-51(68)86)29-46(81)42(7-3-25-63)76-59(94)37(13-20-53(70)88)31-48(83)44(9-5-27-65)78-61(96)38(14-21-54(71)89)32-49(84)43(8-4-26-64)77-60(95)36(12-19-52(69)87)30-47(82)41(6-2-24-62)75-58(93)34(10-17-50(67)85)28-45(80)39(66)15-22-55(72)90/h34-44H,2-32,62-66H2,1H3,(H2,67,85)(H2,68,86)(H2,69,87)(H2,70,88)(H2,71,89)(H2,72,90)(H2,73,91)(H,74,92)(H,75,93)(H,76,94)(H,77,95)(H,78,96)/t34-,35-,36-,37-,38-,39+,40+,41+,42+,43+,44+/m1/s1. The molecule has 11 atom stereocenters. The Labute approximate surface area is 557 Å². The Morgan fingerprint density at radius 3 is 0.646 bits per heavy atom. The molecule has 0 aromatic heterocycles. The number of rotatable bonds is 59. The van der Waals surface area contributed by atoms with E-state index in [1.807, 2.05) is 0 Å². The van der Waals surface area contributed by atoms with E-state index in [2.05, 4.69) is 26.6 Å². The Kier molecular flexibility index (Phi) is 43.9. The van der Waals surface area contributed by atoms with Crippen LogP contribution in [0.1, 0.15) is 180 Å². The molecule has 0 aromatic carbocycles. The smallest absolute Gasteiger partial charge is 0.224 e. The number of hydrogen-bond acceptors (Lipinski definition) is 23. The molecule has 0 saturated carbocycles. The van der Waals surface area contributed by atoms with Crippen molar-refractivity contribution in [3.63, 3.8) is 0 Å². The first-order valence-corrected chi connectivity index (χ1v) is 32.3. The summed E-state index contributed by atoms with van der Waals surface area (Å²) in [6.45, 7) is 1.18. The third-order valence-electron chi connectivity index (χ3n) is 16.0. The van der Waals surface area contributed by atoms with Gasteiger partial charge in [-0.3, -0.25) is 86.3 Å². The number of amides is 12. The molecule has 0 spiro atoms. The zero-order valence-electron chi connectivity index (χ0n) is 55.0. The van der Waals surface area contributed by atoms with Crippen molar-refractivity contribution in [2.75, 3.05) is 26.2 Å². The van der Waals surface area contributed by atoms with Crippen LogP contribution < -0.4 is 95.4 Å². The predicted molar refractivity (Wildman–Crippen MR) is 346 cm³/mol. The summed E-state index contributed by atoms with van der Waals surface area (Å²) >= 11 is 0. The largest absolute Gasteiger partial charge is 0.370 e. The number of ketones is 6. The van der Waals surface area contributed by atoms with Crippen LogP contribution in [0.5, 0.6) is 0 Å². The van der Waals surface area contributed by atoms with Gasteiger partial charge in [-0.2, -0.15) is 0 Å². The summed E-state index contributed by atoms with van der Waals surface area (Å²) < 4.78 is 0. The lowest BCUT2D eigenvalue weighted by Gasteiger charge is -2.27. The summed E-state index contributed by atoms with van der Waals surface area (Å²) in [6.07, 6.45) is -7.69. The fraction of sp³-hybridized carbons (Fsp3) is 0.705. The maximum atomic E-state index is 14.5. The molecular formula is C61H105N17O18. The first-order valence-electron chi connectivity index (χ1n) is 32.3. The molecule has 0 aliphatic heterocycles. The van der Waals surface area contributed by atoms with Crippen molar-refractivity contribution in [1.82, 2.24) is 26.6 Å². The average molecular weight is 1360 g/mol. The number of carbonyl (C=O) groups excluding carboxylic acids is 18. The van der Waals surface area contributed by atoms with Crippen LogP contribution >= 0.6 is 0 Å². The van der Waals surface area contributed by atoms with Crippen molar-refractivity contribution in [2.24, 2.45) is 98.4 Å². The number of nitrogens with one attached hydrogen (secondary N) is 5. The second kappa shape index (κ2) is 48.2. The van der Waals surface area contributed by atoms with E-state index in [9.17, 15) is 86.3 Å². The summed E-state index contributed by atoms with van der Waals surface area (Å²) in [5.74, 6) is -21.4. The summed E-state index contributed by atoms with van der Waals surface area (Å²) in [6, 6.07) is -8.03. The van der Waals surface area contributed by atoms with Crippen LogP contribution in [0.3, 0.4) is 0 Å². The van der Waals surface area contributed by atoms with Crippen LogP contribution in [0.4, 0.5) is 0 Å². The van der Waals surface area contributed by atoms with Gasteiger partial charge in [0.15, 0.2) is 28.9 Å². The van der Waals surface area contributed by atoms with Gasteiger partial charge in [0, 0.05) is 107 Å². The van der Waals surface area contributed by atoms with Crippen LogP contribution in [-0.4, -0.2) is 168 Å². The molecule has 35 nitrogen and oxygen atoms in total. The molecule has 35 heteroatoms. The van der Waals surface area contributed by atoms with Gasteiger partial charge in [-0.05, 0) is 129 Å². The molecule has 0 aliphatic rings. The van der Waals surface area contributed by atoms with Crippen molar-refractivity contribution in [2.45, 2.75) is 217 Å². The van der Waals surface area contributed by atoms with Crippen LogP contribution in [-0.2, 0) is 86.3 Å². The summed E-state index contributed by atoms with van der Waals surface area (Å²) in [5.41, 5.74) is 66.7. The molecule has 0 aromatic rings. The van der Waals surface area contributed by atoms with Crippen molar-refractivity contribution < 1.29 is 86.3 Å². The minimum absolute atomic E-state index is 0.0142. The lowest BCUT2D eigenvalue weighted by molar-refractivity contribution is -0.137. The maximum absolute atomic E-state index is 14.5. The minimum atomic E-state index is -1.45. The predicted octanol–water partition coefficient (Wildman–Crippen LogP) is -5.98. The highest BCUT2D eigenvalue weighted by molar-refractivity contribution is 5.99. The molecule has 0 saturated heterocycles. The molecular weight excluding hydrogens is 1260 g/mol. The number of carbonyl (C=O) groups is 18. The third-order valence-corrected chi connectivity index (χ3v) is 16.0. The molecule has 0 radical (unpaired) electrons. The van der Waals surface area contributed by atoms with Gasteiger partial charge >= 0.3 is 0 Å². The highest BCUT2D eigenvalue weighted by atomic mass is 16.2. The van der Waals surface area contributed by atoms with E-state index in [0.29, 0.717) is 0 Å². The van der Waals surface area contributed by atoms with Crippen LogP contribution in [0, 0.1) is 29.6 Å². The van der Waals surface area contributed by atoms with Crippen molar-refractivity contribution in [3.05, 3.63) is 0 Å². The topological polar surface area (TPSA) is 680 Å². The zero-order chi connectivity index (χ0) is 73.2. The molecule has 12 amide bonds. The van der Waals surface area contributed by atoms with Gasteiger partial charge < -0.3 is 95.4 Å². The van der Waals surface area contributed by atoms with E-state index in [-0.39, 0.29) is 148 Å². The molecule has 0 rings (SSSR count). The first-order chi connectivity index (χ1) is 45.1. The Morgan fingerprint density at radius 1 is 0.260 bits per heavy atom. The van der Waals surface area contributed by atoms with E-state index in [1.54, 1.807) is 0 Å². The van der Waals surface area contributed by atoms with Gasteiger partial charge in [0.1, 0.15) is 5.78 Å². The number of primary amides is 7. The summed E-state index contributed by atoms with van der Waals surface area (Å²) in [4.78, 5) is 236. The van der Waals surface area contributed by atoms with Crippen LogP contribution in [0.25, 0.3) is 0 Å². The monoisotopic (exact) mass is 1360 g/mol. The fourth-order valence-electron chi connectivity index (χ4n) is 10.3. The second-order valence-electron chi connectivity index (χ2n) is 24.1. The third kappa shape index (κ3) is 38.1. The lowest BCUT2D eigenvalue weighted by Crippen LogP contribution is -2.49. The van der Waals surface area contributed by atoms with E-state index in [1.165, 1.54) is 0 Å². The highest BCUT2D eigenvalue weighted by Gasteiger charge is 2.37. The van der Waals surface area contributed by atoms with Crippen LogP contribution in [0.2, 0.25) is 0 Å². The molecule has 542 valence electrons. The van der Waals surface area contributed by atoms with E-state index in [4.69, 9.17) is 68.8 Å². The minimum Gasteiger partial charge on any atom is -0.370 e. The van der Waals surface area contributed by atoms with Crippen molar-refractivity contribution >= 4 is 106 Å². The lowest BCUT2D eigenvalue weighted by atomic mass is 9.88. The second-order valence-corrected chi connectivity index (χ2v) is 24.1. The van der Waals surface area contributed by atoms with E-state index < -0.39 is 223 Å². The van der Waals surface area contributed by atoms with Gasteiger partial charge in [0.05, 0.1) is 36.3 Å². The Bertz CT molecular complexity index is 2700. The van der Waals surface area contributed by atoms with E-state index >= 15 is 0 Å². The highest BCUT2D eigenvalue weighted by Crippen LogP contribution is 2.24. The summed E-state index contributed by atoms with van der Waals surface area (Å²) in [7, 11) is 0. The van der Waals surface area contributed by atoms with Crippen LogP contribution in [0.15, 0.2) is 0 Å². The Morgan fingerprint density at radius 2 is 0.448 bits per heavy atom. The molecule has 0 fully saturated rings. The molecule has 96 heavy (non-hydrogen) atoms. The Balaban J connectivity index is 7.13. The maximum Gasteiger partial charge on any atom is 0.224 e. The van der Waals surface area contributed by atoms with Gasteiger partial charge in [0.2, 0.25) is 70.9 Å². The summed E-state index contributed by atoms with van der Waals surface area (Å²) in [5, 5.41) is 12.8. The number of Topliss-reactive ketones (excluding diaryl/α,β-unsaturated/α-hetero) is 6. The van der Waals surface area contributed by atoms with E-state index in [0.717, 1.165) is 6.92 Å². The quantitative estimate of drug-likeness (QED) is 0.0270. The fourth-order valence-corrected chi connectivity index (χ4v) is 10.3. The molecule has 0 unspecified atom stereocenters. The van der Waals surface area contributed by atoms with Crippen molar-refractivity contribution in [1.29, 1.82) is 0 Å². The molecule has 0 aliphatic carbocycles. The van der Waals surface area contributed by atoms with Gasteiger partial charge in [0.25, 0.3) is 0 Å².